The van der Waals surface area contributed by atoms with Crippen LogP contribution in [0.5, 0.6) is 5.75 Å². The number of ether oxygens (including phenoxy) is 2. The highest BCUT2D eigenvalue weighted by Gasteiger charge is 2.42. The highest BCUT2D eigenvalue weighted by molar-refractivity contribution is 6.32. The van der Waals surface area contributed by atoms with Crippen molar-refractivity contribution in [1.29, 1.82) is 5.26 Å². The predicted octanol–water partition coefficient (Wildman–Crippen LogP) is 5.34. The highest BCUT2D eigenvalue weighted by Crippen LogP contribution is 2.41. The molecule has 0 atom stereocenters. The zero-order valence-electron chi connectivity index (χ0n) is 19.2. The molecule has 0 amide bonds. The van der Waals surface area contributed by atoms with E-state index in [1.807, 2.05) is 60.0 Å². The van der Waals surface area contributed by atoms with Crippen molar-refractivity contribution in [3.63, 3.8) is 0 Å². The monoisotopic (exact) mass is 449 g/mol. The first kappa shape index (κ1) is 21.5. The molecule has 168 valence electrons. The molecule has 1 aliphatic rings. The molecular weight excluding hydrogens is 426 g/mol. The number of carbonyl (C=O) groups is 1. The Morgan fingerprint density at radius 1 is 1.03 bits per heavy atom. The molecule has 0 radical (unpaired) electrons. The molecule has 34 heavy (non-hydrogen) atoms. The summed E-state index contributed by atoms with van der Waals surface area (Å²) in [6.45, 7) is 5.91. The maximum atomic E-state index is 13.2. The van der Waals surface area contributed by atoms with Crippen molar-refractivity contribution < 1.29 is 14.3 Å². The first-order valence-corrected chi connectivity index (χ1v) is 11.0. The number of imidazole rings is 1. The summed E-state index contributed by atoms with van der Waals surface area (Å²) in [5.41, 5.74) is 4.46. The molecule has 0 saturated heterocycles. The first-order valence-electron chi connectivity index (χ1n) is 11.0. The smallest absolute Gasteiger partial charge is 0.210 e. The largest absolute Gasteiger partial charge is 0.487 e. The normalized spacial score (nSPS) is 14.8. The lowest BCUT2D eigenvalue weighted by atomic mass is 9.92. The number of benzene rings is 2. The van der Waals surface area contributed by atoms with E-state index in [2.05, 4.69) is 11.1 Å². The average Bonchev–Trinajstić information content (AvgIpc) is 3.37. The summed E-state index contributed by atoms with van der Waals surface area (Å²) in [7, 11) is 0. The van der Waals surface area contributed by atoms with Gasteiger partial charge >= 0.3 is 0 Å². The van der Waals surface area contributed by atoms with Gasteiger partial charge in [-0.3, -0.25) is 4.79 Å². The van der Waals surface area contributed by atoms with Gasteiger partial charge in [0, 0.05) is 17.5 Å². The van der Waals surface area contributed by atoms with Gasteiger partial charge in [-0.25, -0.2) is 4.98 Å². The van der Waals surface area contributed by atoms with Crippen LogP contribution < -0.4 is 4.74 Å². The van der Waals surface area contributed by atoms with Crippen molar-refractivity contribution in [3.8, 4) is 11.8 Å². The van der Waals surface area contributed by atoms with E-state index in [0.717, 1.165) is 28.2 Å². The number of fused-ring (bicyclic) bond motifs is 1. The van der Waals surface area contributed by atoms with E-state index in [9.17, 15) is 4.79 Å². The Balaban J connectivity index is 1.40. The molecule has 0 spiro atoms. The van der Waals surface area contributed by atoms with Crippen LogP contribution in [0, 0.1) is 18.3 Å². The van der Waals surface area contributed by atoms with Gasteiger partial charge in [-0.15, -0.1) is 0 Å². The second-order valence-electron chi connectivity index (χ2n) is 8.78. The molecule has 6 nitrogen and oxygen atoms in total. The van der Waals surface area contributed by atoms with Gasteiger partial charge in [-0.2, -0.15) is 5.26 Å². The van der Waals surface area contributed by atoms with E-state index >= 15 is 0 Å². The van der Waals surface area contributed by atoms with Crippen LogP contribution in [0.25, 0.3) is 17.0 Å². The van der Waals surface area contributed by atoms with Gasteiger partial charge in [0.25, 0.3) is 0 Å². The van der Waals surface area contributed by atoms with Crippen LogP contribution in [0.1, 0.15) is 41.9 Å². The van der Waals surface area contributed by atoms with Crippen molar-refractivity contribution in [1.82, 2.24) is 9.38 Å². The number of hydrogen-bond donors (Lipinski definition) is 0. The molecule has 4 aromatic rings. The van der Waals surface area contributed by atoms with Gasteiger partial charge in [0.2, 0.25) is 5.78 Å². The minimum Gasteiger partial charge on any atom is -0.487 e. The van der Waals surface area contributed by atoms with Gasteiger partial charge in [0.1, 0.15) is 23.8 Å². The molecule has 3 heterocycles. The summed E-state index contributed by atoms with van der Waals surface area (Å²) in [5.74, 6) is 1.12. The molecule has 5 rings (SSSR count). The first-order chi connectivity index (χ1) is 16.4. The summed E-state index contributed by atoms with van der Waals surface area (Å²) in [5, 5.41) is 9.08. The van der Waals surface area contributed by atoms with Gasteiger partial charge in [0.15, 0.2) is 5.60 Å². The molecule has 0 bridgehead atoms. The number of Topliss-reactive ketones (excluding diaryl/α,β-unsaturated/α-hetero) is 1. The topological polar surface area (TPSA) is 76.6 Å². The summed E-state index contributed by atoms with van der Waals surface area (Å²) in [6.07, 6.45) is 1.98. The Kier molecular flexibility index (Phi) is 5.18. The quantitative estimate of drug-likeness (QED) is 0.411. The van der Waals surface area contributed by atoms with Crippen LogP contribution in [0.3, 0.4) is 0 Å². The van der Waals surface area contributed by atoms with Gasteiger partial charge < -0.3 is 13.9 Å². The SMILES string of the molecule is Cc1cccc2nc(COc3ccc(C4=C(c5ccc(C#N)cc5)OC(C)(C)C4=O)cc3)cn12. The fourth-order valence-electron chi connectivity index (χ4n) is 4.06. The summed E-state index contributed by atoms with van der Waals surface area (Å²) < 4.78 is 14.0. The fraction of sp³-hybridized carbons (Fsp3) is 0.179. The third-order valence-corrected chi connectivity index (χ3v) is 5.91. The lowest BCUT2D eigenvalue weighted by Gasteiger charge is -2.17. The Labute approximate surface area is 197 Å². The third kappa shape index (κ3) is 3.82. The summed E-state index contributed by atoms with van der Waals surface area (Å²) in [6, 6.07) is 22.6. The standard InChI is InChI=1S/C28H23N3O3/c1-18-5-4-6-24-30-22(16-31(18)24)17-33-23-13-11-20(12-14-23)25-26(34-28(2,3)27(25)32)21-9-7-19(15-29)8-10-21/h4-14,16H,17H2,1-3H3. The van der Waals surface area contributed by atoms with E-state index in [4.69, 9.17) is 14.7 Å². The molecule has 0 fully saturated rings. The van der Waals surface area contributed by atoms with Crippen LogP contribution >= 0.6 is 0 Å². The Hall–Kier alpha value is -4.37. The number of aryl methyl sites for hydroxylation is 1. The molecule has 0 N–H and O–H groups in total. The van der Waals surface area contributed by atoms with Crippen molar-refractivity contribution in [3.05, 3.63) is 101 Å². The van der Waals surface area contributed by atoms with Gasteiger partial charge in [-0.05, 0) is 74.9 Å². The minimum atomic E-state index is -0.963. The third-order valence-electron chi connectivity index (χ3n) is 5.91. The molecule has 0 saturated carbocycles. The Bertz CT molecular complexity index is 1470. The van der Waals surface area contributed by atoms with Crippen LogP contribution in [-0.2, 0) is 16.1 Å². The molecule has 0 unspecified atom stereocenters. The molecule has 0 aliphatic carbocycles. The van der Waals surface area contributed by atoms with Crippen molar-refractivity contribution in [2.24, 2.45) is 0 Å². The maximum absolute atomic E-state index is 13.2. The van der Waals surface area contributed by atoms with Gasteiger partial charge in [-0.1, -0.05) is 18.2 Å². The number of ketones is 1. The molecule has 2 aromatic heterocycles. The van der Waals surface area contributed by atoms with E-state index < -0.39 is 5.60 Å². The molecule has 6 heteroatoms. The number of aromatic nitrogens is 2. The number of pyridine rings is 1. The second-order valence-corrected chi connectivity index (χ2v) is 8.78. The molecule has 2 aromatic carbocycles. The number of nitrogens with zero attached hydrogens (tertiary/aromatic N) is 3. The van der Waals surface area contributed by atoms with E-state index in [1.54, 1.807) is 38.1 Å². The average molecular weight is 450 g/mol. The van der Waals surface area contributed by atoms with E-state index in [-0.39, 0.29) is 5.78 Å². The zero-order valence-corrected chi connectivity index (χ0v) is 19.2. The summed E-state index contributed by atoms with van der Waals surface area (Å²) >= 11 is 0. The molecular formula is C28H23N3O3. The van der Waals surface area contributed by atoms with Gasteiger partial charge in [0.05, 0.1) is 22.9 Å². The highest BCUT2D eigenvalue weighted by atomic mass is 16.5. The number of rotatable bonds is 5. The number of carbonyl (C=O) groups excluding carboxylic acids is 1. The van der Waals surface area contributed by atoms with Crippen LogP contribution in [0.4, 0.5) is 0 Å². The van der Waals surface area contributed by atoms with E-state index in [0.29, 0.717) is 29.3 Å². The van der Waals surface area contributed by atoms with Crippen LogP contribution in [0.2, 0.25) is 0 Å². The predicted molar refractivity (Wildman–Crippen MR) is 129 cm³/mol. The van der Waals surface area contributed by atoms with Crippen LogP contribution in [-0.4, -0.2) is 20.8 Å². The van der Waals surface area contributed by atoms with Crippen molar-refractivity contribution in [2.75, 3.05) is 0 Å². The van der Waals surface area contributed by atoms with Crippen LogP contribution in [0.15, 0.2) is 72.9 Å². The number of hydrogen-bond acceptors (Lipinski definition) is 5. The Morgan fingerprint density at radius 2 is 1.74 bits per heavy atom. The van der Waals surface area contributed by atoms with Crippen molar-refractivity contribution >= 4 is 22.8 Å². The fourth-order valence-corrected chi connectivity index (χ4v) is 4.06. The zero-order chi connectivity index (χ0) is 23.9. The lowest BCUT2D eigenvalue weighted by molar-refractivity contribution is -0.125. The molecule has 1 aliphatic heterocycles. The lowest BCUT2D eigenvalue weighted by Crippen LogP contribution is -2.29. The Morgan fingerprint density at radius 3 is 2.41 bits per heavy atom. The maximum Gasteiger partial charge on any atom is 0.210 e. The second kappa shape index (κ2) is 8.20. The van der Waals surface area contributed by atoms with E-state index in [1.165, 1.54) is 0 Å². The number of nitriles is 1. The van der Waals surface area contributed by atoms with Crippen molar-refractivity contribution in [2.45, 2.75) is 33.0 Å². The minimum absolute atomic E-state index is 0.0828. The summed E-state index contributed by atoms with van der Waals surface area (Å²) in [4.78, 5) is 17.8.